The standard InChI is InChI=1S/C13H19N/c1-3-10-8-7-9(2)11-5-4-6-12(14)13(10)11/h7-8,12H,3-6,14H2,1-2H3/t12-/m0/s1. The van der Waals surface area contributed by atoms with Crippen LogP contribution in [0.5, 0.6) is 0 Å². The predicted octanol–water partition coefficient (Wildman–Crippen LogP) is 2.89. The number of hydrogen-bond donors (Lipinski definition) is 1. The predicted molar refractivity (Wildman–Crippen MR) is 60.4 cm³/mol. The first kappa shape index (κ1) is 9.72. The largest absolute Gasteiger partial charge is 0.324 e. The number of benzene rings is 1. The lowest BCUT2D eigenvalue weighted by molar-refractivity contribution is 0.563. The maximum atomic E-state index is 6.19. The zero-order valence-electron chi connectivity index (χ0n) is 9.14. The molecule has 0 aliphatic heterocycles. The minimum absolute atomic E-state index is 0.286. The molecular formula is C13H19N. The van der Waals surface area contributed by atoms with Gasteiger partial charge in [-0.2, -0.15) is 0 Å². The summed E-state index contributed by atoms with van der Waals surface area (Å²) in [6, 6.07) is 4.78. The van der Waals surface area contributed by atoms with Crippen LogP contribution >= 0.6 is 0 Å². The summed E-state index contributed by atoms with van der Waals surface area (Å²) in [4.78, 5) is 0. The molecule has 0 unspecified atom stereocenters. The lowest BCUT2D eigenvalue weighted by atomic mass is 9.82. The second kappa shape index (κ2) is 3.74. The first-order chi connectivity index (χ1) is 6.74. The fraction of sp³-hybridized carbons (Fsp3) is 0.538. The third kappa shape index (κ3) is 1.46. The Morgan fingerprint density at radius 3 is 2.93 bits per heavy atom. The van der Waals surface area contributed by atoms with Gasteiger partial charge in [0.25, 0.3) is 0 Å². The number of rotatable bonds is 1. The van der Waals surface area contributed by atoms with E-state index in [1.165, 1.54) is 35.1 Å². The maximum Gasteiger partial charge on any atom is 0.0300 e. The second-order valence-corrected chi connectivity index (χ2v) is 4.29. The van der Waals surface area contributed by atoms with Crippen LogP contribution in [0.3, 0.4) is 0 Å². The van der Waals surface area contributed by atoms with Crippen molar-refractivity contribution in [1.29, 1.82) is 0 Å². The SMILES string of the molecule is CCc1ccc(C)c2c1[C@@H](N)CCC2. The van der Waals surface area contributed by atoms with E-state index in [2.05, 4.69) is 26.0 Å². The van der Waals surface area contributed by atoms with Crippen molar-refractivity contribution in [2.75, 3.05) is 0 Å². The highest BCUT2D eigenvalue weighted by atomic mass is 14.6. The fourth-order valence-electron chi connectivity index (χ4n) is 2.57. The van der Waals surface area contributed by atoms with Gasteiger partial charge in [-0.25, -0.2) is 0 Å². The van der Waals surface area contributed by atoms with E-state index in [0.717, 1.165) is 12.8 Å². The third-order valence-corrected chi connectivity index (χ3v) is 3.38. The van der Waals surface area contributed by atoms with Crippen LogP contribution in [0, 0.1) is 6.92 Å². The highest BCUT2D eigenvalue weighted by molar-refractivity contribution is 5.44. The van der Waals surface area contributed by atoms with E-state index in [4.69, 9.17) is 5.73 Å². The van der Waals surface area contributed by atoms with Crippen LogP contribution in [0.1, 0.15) is 48.1 Å². The van der Waals surface area contributed by atoms with Gasteiger partial charge in [-0.1, -0.05) is 19.1 Å². The Morgan fingerprint density at radius 1 is 1.43 bits per heavy atom. The molecule has 1 aromatic carbocycles. The van der Waals surface area contributed by atoms with Gasteiger partial charge in [0.1, 0.15) is 0 Å². The number of nitrogens with two attached hydrogens (primary N) is 1. The molecule has 0 bridgehead atoms. The molecule has 0 saturated carbocycles. The Bertz CT molecular complexity index is 341. The van der Waals surface area contributed by atoms with E-state index in [1.54, 1.807) is 0 Å². The maximum absolute atomic E-state index is 6.19. The molecule has 1 heteroatoms. The summed E-state index contributed by atoms with van der Waals surface area (Å²) in [6.45, 7) is 4.42. The zero-order valence-corrected chi connectivity index (χ0v) is 9.14. The minimum atomic E-state index is 0.286. The lowest BCUT2D eigenvalue weighted by Gasteiger charge is -2.26. The fourth-order valence-corrected chi connectivity index (χ4v) is 2.57. The van der Waals surface area contributed by atoms with Crippen molar-refractivity contribution < 1.29 is 0 Å². The highest BCUT2D eigenvalue weighted by Crippen LogP contribution is 2.32. The van der Waals surface area contributed by atoms with E-state index in [0.29, 0.717) is 0 Å². The number of hydrogen-bond acceptors (Lipinski definition) is 1. The molecule has 0 heterocycles. The second-order valence-electron chi connectivity index (χ2n) is 4.29. The normalized spacial score (nSPS) is 20.6. The van der Waals surface area contributed by atoms with E-state index in [-0.39, 0.29) is 6.04 Å². The van der Waals surface area contributed by atoms with Gasteiger partial charge >= 0.3 is 0 Å². The van der Waals surface area contributed by atoms with E-state index < -0.39 is 0 Å². The van der Waals surface area contributed by atoms with Gasteiger partial charge in [0, 0.05) is 6.04 Å². The first-order valence-electron chi connectivity index (χ1n) is 5.61. The molecule has 14 heavy (non-hydrogen) atoms. The van der Waals surface area contributed by atoms with Crippen molar-refractivity contribution in [1.82, 2.24) is 0 Å². The number of aryl methyl sites for hydroxylation is 2. The molecule has 2 rings (SSSR count). The molecule has 76 valence electrons. The topological polar surface area (TPSA) is 26.0 Å². The van der Waals surface area contributed by atoms with Gasteiger partial charge in [-0.15, -0.1) is 0 Å². The summed E-state index contributed by atoms with van der Waals surface area (Å²) in [5.41, 5.74) is 12.1. The third-order valence-electron chi connectivity index (χ3n) is 3.38. The monoisotopic (exact) mass is 189 g/mol. The summed E-state index contributed by atoms with van der Waals surface area (Å²) in [6.07, 6.45) is 4.74. The average molecular weight is 189 g/mol. The van der Waals surface area contributed by atoms with Crippen molar-refractivity contribution >= 4 is 0 Å². The molecule has 0 saturated heterocycles. The Labute approximate surface area is 86.3 Å². The molecule has 0 radical (unpaired) electrons. The molecule has 1 aliphatic carbocycles. The van der Waals surface area contributed by atoms with Crippen LogP contribution < -0.4 is 5.73 Å². The van der Waals surface area contributed by atoms with Crippen LogP contribution in [-0.4, -0.2) is 0 Å². The van der Waals surface area contributed by atoms with Crippen LogP contribution in [0.25, 0.3) is 0 Å². The van der Waals surface area contributed by atoms with Crippen molar-refractivity contribution in [3.05, 3.63) is 34.4 Å². The smallest absolute Gasteiger partial charge is 0.0300 e. The molecular weight excluding hydrogens is 170 g/mol. The van der Waals surface area contributed by atoms with Gasteiger partial charge in [0.2, 0.25) is 0 Å². The molecule has 1 aliphatic rings. The molecule has 1 nitrogen and oxygen atoms in total. The van der Waals surface area contributed by atoms with Crippen LogP contribution in [0.15, 0.2) is 12.1 Å². The Hall–Kier alpha value is -0.820. The van der Waals surface area contributed by atoms with E-state index in [9.17, 15) is 0 Å². The molecule has 1 aromatic rings. The lowest BCUT2D eigenvalue weighted by Crippen LogP contribution is -2.20. The molecule has 2 N–H and O–H groups in total. The summed E-state index contributed by atoms with van der Waals surface area (Å²) >= 11 is 0. The van der Waals surface area contributed by atoms with Gasteiger partial charge in [-0.3, -0.25) is 0 Å². The van der Waals surface area contributed by atoms with Crippen LogP contribution in [0.2, 0.25) is 0 Å². The number of fused-ring (bicyclic) bond motifs is 1. The summed E-state index contributed by atoms with van der Waals surface area (Å²) < 4.78 is 0. The molecule has 0 aromatic heterocycles. The molecule has 0 fully saturated rings. The van der Waals surface area contributed by atoms with Crippen LogP contribution in [-0.2, 0) is 12.8 Å². The summed E-state index contributed by atoms with van der Waals surface area (Å²) in [5.74, 6) is 0. The van der Waals surface area contributed by atoms with E-state index in [1.807, 2.05) is 0 Å². The average Bonchev–Trinajstić information content (AvgIpc) is 2.20. The van der Waals surface area contributed by atoms with Gasteiger partial charge in [0.15, 0.2) is 0 Å². The van der Waals surface area contributed by atoms with Crippen molar-refractivity contribution in [2.45, 2.75) is 45.6 Å². The quantitative estimate of drug-likeness (QED) is 0.722. The zero-order chi connectivity index (χ0) is 10.1. The van der Waals surface area contributed by atoms with Crippen molar-refractivity contribution in [3.8, 4) is 0 Å². The highest BCUT2D eigenvalue weighted by Gasteiger charge is 2.20. The van der Waals surface area contributed by atoms with Crippen LogP contribution in [0.4, 0.5) is 0 Å². The van der Waals surface area contributed by atoms with Gasteiger partial charge in [-0.05, 0) is 54.9 Å². The first-order valence-corrected chi connectivity index (χ1v) is 5.61. The van der Waals surface area contributed by atoms with Crippen molar-refractivity contribution in [3.63, 3.8) is 0 Å². The molecule has 1 atom stereocenters. The molecule has 0 amide bonds. The molecule has 0 spiro atoms. The van der Waals surface area contributed by atoms with Gasteiger partial charge < -0.3 is 5.73 Å². The van der Waals surface area contributed by atoms with Crippen molar-refractivity contribution in [2.24, 2.45) is 5.73 Å². The van der Waals surface area contributed by atoms with Gasteiger partial charge in [0.05, 0.1) is 0 Å². The Kier molecular flexibility index (Phi) is 2.60. The Balaban J connectivity index is 2.58. The van der Waals surface area contributed by atoms with E-state index >= 15 is 0 Å². The summed E-state index contributed by atoms with van der Waals surface area (Å²) in [5, 5.41) is 0. The summed E-state index contributed by atoms with van der Waals surface area (Å²) in [7, 11) is 0. The minimum Gasteiger partial charge on any atom is -0.324 e. The Morgan fingerprint density at radius 2 is 2.21 bits per heavy atom.